The molecule has 13 heavy (non-hydrogen) atoms. The minimum atomic E-state index is 1.09. The zero-order valence-electron chi connectivity index (χ0n) is 9.80. The van der Waals surface area contributed by atoms with E-state index in [4.69, 9.17) is 0 Å². The molecule has 0 N–H and O–H groups in total. The largest absolute Gasteiger partial charge is 0.377 e. The first kappa shape index (κ1) is 12.3. The quantitative estimate of drug-likeness (QED) is 0.626. The minimum Gasteiger partial charge on any atom is -0.377 e. The van der Waals surface area contributed by atoms with Gasteiger partial charge in [0.25, 0.3) is 0 Å². The standard InChI is InChI=1S/C11H24N2/c1-6-12(7-2)10-11(5)13(8-3)9-4/h10H,6-9H2,1-5H3. The molecule has 0 aliphatic rings. The normalized spacial score (nSPS) is 11.6. The maximum atomic E-state index is 2.37. The molecule has 0 saturated heterocycles. The van der Waals surface area contributed by atoms with Gasteiger partial charge in [-0.15, -0.1) is 0 Å². The van der Waals surface area contributed by atoms with Crippen molar-refractivity contribution in [1.82, 2.24) is 9.80 Å². The summed E-state index contributed by atoms with van der Waals surface area (Å²) >= 11 is 0. The molecule has 0 aliphatic carbocycles. The summed E-state index contributed by atoms with van der Waals surface area (Å²) in [6.45, 7) is 15.3. The number of hydrogen-bond donors (Lipinski definition) is 0. The van der Waals surface area contributed by atoms with Crippen LogP contribution in [-0.2, 0) is 0 Å². The summed E-state index contributed by atoms with van der Waals surface area (Å²) in [7, 11) is 0. The summed E-state index contributed by atoms with van der Waals surface area (Å²) < 4.78 is 0. The van der Waals surface area contributed by atoms with Crippen molar-refractivity contribution in [2.24, 2.45) is 0 Å². The van der Waals surface area contributed by atoms with Crippen LogP contribution in [0.4, 0.5) is 0 Å². The molecule has 78 valence electrons. The SMILES string of the molecule is CCN(C=C(C)N(CC)CC)CC. The molecule has 2 heteroatoms. The fourth-order valence-corrected chi connectivity index (χ4v) is 1.47. The summed E-state index contributed by atoms with van der Waals surface area (Å²) in [5.41, 5.74) is 1.37. The van der Waals surface area contributed by atoms with Crippen LogP contribution in [-0.4, -0.2) is 36.0 Å². The van der Waals surface area contributed by atoms with Gasteiger partial charge in [-0.1, -0.05) is 0 Å². The number of rotatable bonds is 6. The highest BCUT2D eigenvalue weighted by Crippen LogP contribution is 2.04. The van der Waals surface area contributed by atoms with Gasteiger partial charge in [0.05, 0.1) is 0 Å². The van der Waals surface area contributed by atoms with Crippen molar-refractivity contribution in [1.29, 1.82) is 0 Å². The highest BCUT2D eigenvalue weighted by atomic mass is 15.2. The minimum absolute atomic E-state index is 1.09. The lowest BCUT2D eigenvalue weighted by atomic mass is 10.4. The van der Waals surface area contributed by atoms with Gasteiger partial charge in [-0.25, -0.2) is 0 Å². The second kappa shape index (κ2) is 6.81. The van der Waals surface area contributed by atoms with Gasteiger partial charge < -0.3 is 9.80 Å². The first-order chi connectivity index (χ1) is 6.19. The van der Waals surface area contributed by atoms with E-state index in [9.17, 15) is 0 Å². The third-order valence-electron chi connectivity index (χ3n) is 2.44. The van der Waals surface area contributed by atoms with Crippen molar-refractivity contribution in [2.45, 2.75) is 34.6 Å². The van der Waals surface area contributed by atoms with Crippen LogP contribution < -0.4 is 0 Å². The Morgan fingerprint density at radius 3 is 1.69 bits per heavy atom. The highest BCUT2D eigenvalue weighted by Gasteiger charge is 2.00. The smallest absolute Gasteiger partial charge is 0.0262 e. The van der Waals surface area contributed by atoms with Crippen LogP contribution in [0.25, 0.3) is 0 Å². The van der Waals surface area contributed by atoms with E-state index in [0.717, 1.165) is 26.2 Å². The first-order valence-electron chi connectivity index (χ1n) is 5.36. The molecule has 0 saturated carbocycles. The predicted molar refractivity (Wildman–Crippen MR) is 59.6 cm³/mol. The zero-order valence-corrected chi connectivity index (χ0v) is 9.80. The molecular formula is C11H24N2. The average Bonchev–Trinajstić information content (AvgIpc) is 2.16. The Balaban J connectivity index is 4.25. The van der Waals surface area contributed by atoms with E-state index in [1.807, 2.05) is 0 Å². The van der Waals surface area contributed by atoms with Gasteiger partial charge in [0.1, 0.15) is 0 Å². The van der Waals surface area contributed by atoms with Crippen molar-refractivity contribution >= 4 is 0 Å². The van der Waals surface area contributed by atoms with Crippen LogP contribution in [0.2, 0.25) is 0 Å². The van der Waals surface area contributed by atoms with E-state index in [1.165, 1.54) is 5.70 Å². The molecule has 0 aromatic heterocycles. The van der Waals surface area contributed by atoms with Crippen LogP contribution in [0.1, 0.15) is 34.6 Å². The second-order valence-electron chi connectivity index (χ2n) is 3.16. The van der Waals surface area contributed by atoms with Gasteiger partial charge in [-0.2, -0.15) is 0 Å². The Bertz CT molecular complexity index is 144. The summed E-state index contributed by atoms with van der Waals surface area (Å²) in [5, 5.41) is 0. The Morgan fingerprint density at radius 1 is 0.923 bits per heavy atom. The summed E-state index contributed by atoms with van der Waals surface area (Å²) in [4.78, 5) is 4.70. The average molecular weight is 184 g/mol. The molecule has 0 radical (unpaired) electrons. The Labute approximate surface area is 83.2 Å². The topological polar surface area (TPSA) is 6.48 Å². The van der Waals surface area contributed by atoms with Crippen LogP contribution in [0.3, 0.4) is 0 Å². The van der Waals surface area contributed by atoms with Crippen molar-refractivity contribution in [3.05, 3.63) is 11.9 Å². The van der Waals surface area contributed by atoms with E-state index in [-0.39, 0.29) is 0 Å². The third kappa shape index (κ3) is 4.20. The molecule has 0 spiro atoms. The van der Waals surface area contributed by atoms with Gasteiger partial charge in [0.15, 0.2) is 0 Å². The fraction of sp³-hybridized carbons (Fsp3) is 0.818. The maximum absolute atomic E-state index is 2.37. The predicted octanol–water partition coefficient (Wildman–Crippen LogP) is 2.53. The molecule has 0 rings (SSSR count). The number of allylic oxidation sites excluding steroid dienone is 1. The van der Waals surface area contributed by atoms with Crippen LogP contribution in [0, 0.1) is 0 Å². The van der Waals surface area contributed by atoms with E-state index in [1.54, 1.807) is 0 Å². The van der Waals surface area contributed by atoms with Gasteiger partial charge in [0, 0.05) is 38.1 Å². The lowest BCUT2D eigenvalue weighted by Gasteiger charge is -2.25. The molecule has 0 fully saturated rings. The molecular weight excluding hydrogens is 160 g/mol. The van der Waals surface area contributed by atoms with E-state index < -0.39 is 0 Å². The number of hydrogen-bond acceptors (Lipinski definition) is 2. The summed E-state index contributed by atoms with van der Waals surface area (Å²) in [6.07, 6.45) is 2.26. The van der Waals surface area contributed by atoms with Crippen molar-refractivity contribution in [3.8, 4) is 0 Å². The van der Waals surface area contributed by atoms with E-state index in [0.29, 0.717) is 0 Å². The second-order valence-corrected chi connectivity index (χ2v) is 3.16. The summed E-state index contributed by atoms with van der Waals surface area (Å²) in [6, 6.07) is 0. The number of nitrogens with zero attached hydrogens (tertiary/aromatic N) is 2. The Morgan fingerprint density at radius 2 is 1.38 bits per heavy atom. The van der Waals surface area contributed by atoms with Crippen molar-refractivity contribution < 1.29 is 0 Å². The van der Waals surface area contributed by atoms with E-state index >= 15 is 0 Å². The molecule has 0 amide bonds. The van der Waals surface area contributed by atoms with Gasteiger partial charge in [-0.3, -0.25) is 0 Å². The van der Waals surface area contributed by atoms with Gasteiger partial charge in [0.2, 0.25) is 0 Å². The summed E-state index contributed by atoms with van der Waals surface area (Å²) in [5.74, 6) is 0. The van der Waals surface area contributed by atoms with Crippen LogP contribution in [0.15, 0.2) is 11.9 Å². The molecule has 0 aliphatic heterocycles. The van der Waals surface area contributed by atoms with Gasteiger partial charge >= 0.3 is 0 Å². The zero-order chi connectivity index (χ0) is 10.3. The molecule has 0 heterocycles. The molecule has 0 atom stereocenters. The fourth-order valence-electron chi connectivity index (χ4n) is 1.47. The maximum Gasteiger partial charge on any atom is 0.0262 e. The van der Waals surface area contributed by atoms with Gasteiger partial charge in [-0.05, 0) is 34.6 Å². The molecule has 0 aromatic carbocycles. The first-order valence-corrected chi connectivity index (χ1v) is 5.36. The van der Waals surface area contributed by atoms with Crippen LogP contribution >= 0.6 is 0 Å². The highest BCUT2D eigenvalue weighted by molar-refractivity contribution is 4.96. The molecule has 0 aromatic rings. The van der Waals surface area contributed by atoms with Crippen molar-refractivity contribution in [3.63, 3.8) is 0 Å². The Kier molecular flexibility index (Phi) is 6.47. The lowest BCUT2D eigenvalue weighted by molar-refractivity contribution is 0.351. The van der Waals surface area contributed by atoms with E-state index in [2.05, 4.69) is 50.6 Å². The third-order valence-corrected chi connectivity index (χ3v) is 2.44. The van der Waals surface area contributed by atoms with Crippen molar-refractivity contribution in [2.75, 3.05) is 26.2 Å². The molecule has 0 bridgehead atoms. The monoisotopic (exact) mass is 184 g/mol. The Hall–Kier alpha value is -0.660. The molecule has 2 nitrogen and oxygen atoms in total. The van der Waals surface area contributed by atoms with Crippen LogP contribution in [0.5, 0.6) is 0 Å². The molecule has 0 unspecified atom stereocenters. The lowest BCUT2D eigenvalue weighted by Crippen LogP contribution is -2.24.